The number of anilines is 1. The van der Waals surface area contributed by atoms with Gasteiger partial charge in [0.15, 0.2) is 0 Å². The molecule has 5 heteroatoms. The molecule has 1 rings (SSSR count). The Hall–Kier alpha value is -0.940. The van der Waals surface area contributed by atoms with Gasteiger partial charge in [-0.2, -0.15) is 0 Å². The first kappa shape index (κ1) is 16.1. The van der Waals surface area contributed by atoms with E-state index >= 15 is 0 Å². The number of benzene rings is 1. The van der Waals surface area contributed by atoms with E-state index in [9.17, 15) is 9.18 Å². The zero-order valence-electron chi connectivity index (χ0n) is 11.1. The number of nitrogens with one attached hydrogen (secondary N) is 1. The van der Waals surface area contributed by atoms with Gasteiger partial charge in [0.25, 0.3) is 0 Å². The minimum absolute atomic E-state index is 0.0717. The summed E-state index contributed by atoms with van der Waals surface area (Å²) in [7, 11) is 0. The van der Waals surface area contributed by atoms with Gasteiger partial charge in [0.05, 0.1) is 4.47 Å². The maximum atomic E-state index is 13.4. The minimum atomic E-state index is -0.371. The van der Waals surface area contributed by atoms with Gasteiger partial charge in [-0.1, -0.05) is 12.8 Å². The standard InChI is InChI=1S/C14H20BrFN2O/c1-10-8-11(15)12(16)9-13(10)18-14(19)6-4-2-3-5-7-17/h8-9H,2-7,17H2,1H3,(H,18,19). The van der Waals surface area contributed by atoms with Crippen LogP contribution in [0.1, 0.15) is 37.7 Å². The third-order valence-corrected chi connectivity index (χ3v) is 3.51. The molecular weight excluding hydrogens is 311 g/mol. The van der Waals surface area contributed by atoms with Gasteiger partial charge in [-0.05, 0) is 59.9 Å². The molecule has 0 aliphatic heterocycles. The van der Waals surface area contributed by atoms with Gasteiger partial charge in [0.1, 0.15) is 5.82 Å². The Labute approximate surface area is 121 Å². The third-order valence-electron chi connectivity index (χ3n) is 2.90. The minimum Gasteiger partial charge on any atom is -0.330 e. The molecule has 3 N–H and O–H groups in total. The normalized spacial score (nSPS) is 10.5. The lowest BCUT2D eigenvalue weighted by atomic mass is 10.1. The smallest absolute Gasteiger partial charge is 0.224 e. The van der Waals surface area contributed by atoms with Crippen molar-refractivity contribution in [2.75, 3.05) is 11.9 Å². The fraction of sp³-hybridized carbons (Fsp3) is 0.500. The highest BCUT2D eigenvalue weighted by molar-refractivity contribution is 9.10. The summed E-state index contributed by atoms with van der Waals surface area (Å²) in [5.74, 6) is -0.443. The molecular formula is C14H20BrFN2O. The van der Waals surface area contributed by atoms with Gasteiger partial charge in [-0.3, -0.25) is 4.79 Å². The second kappa shape index (κ2) is 8.27. The summed E-state index contributed by atoms with van der Waals surface area (Å²) in [5.41, 5.74) is 6.77. The van der Waals surface area contributed by atoms with E-state index < -0.39 is 0 Å². The Morgan fingerprint density at radius 2 is 2.00 bits per heavy atom. The number of carbonyl (C=O) groups is 1. The molecule has 0 heterocycles. The molecule has 19 heavy (non-hydrogen) atoms. The van der Waals surface area contributed by atoms with Crippen LogP contribution in [-0.2, 0) is 4.79 Å². The van der Waals surface area contributed by atoms with Gasteiger partial charge in [0.2, 0.25) is 5.91 Å². The van der Waals surface area contributed by atoms with Gasteiger partial charge < -0.3 is 11.1 Å². The lowest BCUT2D eigenvalue weighted by Crippen LogP contribution is -2.12. The predicted molar refractivity (Wildman–Crippen MR) is 79.6 cm³/mol. The molecule has 0 saturated heterocycles. The Morgan fingerprint density at radius 3 is 2.68 bits per heavy atom. The maximum absolute atomic E-state index is 13.4. The number of unbranched alkanes of at least 4 members (excludes halogenated alkanes) is 3. The quantitative estimate of drug-likeness (QED) is 0.748. The monoisotopic (exact) mass is 330 g/mol. The van der Waals surface area contributed by atoms with Crippen LogP contribution in [0.25, 0.3) is 0 Å². The van der Waals surface area contributed by atoms with E-state index in [1.165, 1.54) is 6.07 Å². The van der Waals surface area contributed by atoms with E-state index in [4.69, 9.17) is 5.73 Å². The molecule has 1 amide bonds. The number of aryl methyl sites for hydroxylation is 1. The van der Waals surface area contributed by atoms with E-state index in [1.807, 2.05) is 6.92 Å². The molecule has 0 spiro atoms. The Kier molecular flexibility index (Phi) is 7.02. The van der Waals surface area contributed by atoms with Crippen molar-refractivity contribution < 1.29 is 9.18 Å². The third kappa shape index (κ3) is 5.70. The van der Waals surface area contributed by atoms with Crippen molar-refractivity contribution in [2.45, 2.75) is 39.0 Å². The Morgan fingerprint density at radius 1 is 1.32 bits per heavy atom. The summed E-state index contributed by atoms with van der Waals surface area (Å²) in [5, 5.41) is 2.74. The van der Waals surface area contributed by atoms with Crippen LogP contribution < -0.4 is 11.1 Å². The number of nitrogens with two attached hydrogens (primary N) is 1. The molecule has 0 aliphatic carbocycles. The van der Waals surface area contributed by atoms with E-state index in [2.05, 4.69) is 21.2 Å². The van der Waals surface area contributed by atoms with Crippen LogP contribution in [0.3, 0.4) is 0 Å². The number of hydrogen-bond donors (Lipinski definition) is 2. The zero-order valence-corrected chi connectivity index (χ0v) is 12.7. The second-order valence-electron chi connectivity index (χ2n) is 4.58. The SMILES string of the molecule is Cc1cc(Br)c(F)cc1NC(=O)CCCCCCN. The molecule has 0 aromatic heterocycles. The van der Waals surface area contributed by atoms with Crippen LogP contribution in [0.2, 0.25) is 0 Å². The van der Waals surface area contributed by atoms with Crippen LogP contribution in [-0.4, -0.2) is 12.5 Å². The average molecular weight is 331 g/mol. The molecule has 3 nitrogen and oxygen atoms in total. The molecule has 0 unspecified atom stereocenters. The maximum Gasteiger partial charge on any atom is 0.224 e. The zero-order chi connectivity index (χ0) is 14.3. The van der Waals surface area contributed by atoms with Crippen molar-refractivity contribution in [3.8, 4) is 0 Å². The first-order chi connectivity index (χ1) is 9.04. The van der Waals surface area contributed by atoms with Gasteiger partial charge in [0, 0.05) is 12.1 Å². The number of rotatable bonds is 7. The van der Waals surface area contributed by atoms with Crippen LogP contribution >= 0.6 is 15.9 Å². The molecule has 1 aromatic carbocycles. The van der Waals surface area contributed by atoms with E-state index in [-0.39, 0.29) is 11.7 Å². The Bertz CT molecular complexity index is 438. The molecule has 106 valence electrons. The van der Waals surface area contributed by atoms with Crippen molar-refractivity contribution in [1.82, 2.24) is 0 Å². The van der Waals surface area contributed by atoms with Gasteiger partial charge in [-0.25, -0.2) is 4.39 Å². The van der Waals surface area contributed by atoms with Crippen LogP contribution in [0.4, 0.5) is 10.1 Å². The average Bonchev–Trinajstić information content (AvgIpc) is 2.35. The van der Waals surface area contributed by atoms with Crippen LogP contribution in [0.15, 0.2) is 16.6 Å². The molecule has 0 radical (unpaired) electrons. The van der Waals surface area contributed by atoms with Crippen molar-refractivity contribution in [3.63, 3.8) is 0 Å². The number of hydrogen-bond acceptors (Lipinski definition) is 2. The highest BCUT2D eigenvalue weighted by Crippen LogP contribution is 2.24. The fourth-order valence-corrected chi connectivity index (χ4v) is 2.23. The number of halogens is 2. The largest absolute Gasteiger partial charge is 0.330 e. The van der Waals surface area contributed by atoms with E-state index in [1.54, 1.807) is 6.07 Å². The van der Waals surface area contributed by atoms with Gasteiger partial charge >= 0.3 is 0 Å². The number of carbonyl (C=O) groups excluding carboxylic acids is 1. The molecule has 0 aliphatic rings. The highest BCUT2D eigenvalue weighted by Gasteiger charge is 2.08. The molecule has 0 fully saturated rings. The van der Waals surface area contributed by atoms with E-state index in [0.717, 1.165) is 31.2 Å². The summed E-state index contributed by atoms with van der Waals surface area (Å²) in [6.45, 7) is 2.53. The van der Waals surface area contributed by atoms with Crippen molar-refractivity contribution in [3.05, 3.63) is 28.0 Å². The van der Waals surface area contributed by atoms with Crippen molar-refractivity contribution in [1.29, 1.82) is 0 Å². The van der Waals surface area contributed by atoms with Gasteiger partial charge in [-0.15, -0.1) is 0 Å². The summed E-state index contributed by atoms with van der Waals surface area (Å²) in [6.07, 6.45) is 4.35. The molecule has 0 atom stereocenters. The molecule has 0 saturated carbocycles. The first-order valence-electron chi connectivity index (χ1n) is 6.50. The van der Waals surface area contributed by atoms with Crippen molar-refractivity contribution >= 4 is 27.5 Å². The lowest BCUT2D eigenvalue weighted by molar-refractivity contribution is -0.116. The summed E-state index contributed by atoms with van der Waals surface area (Å²) < 4.78 is 13.8. The lowest BCUT2D eigenvalue weighted by Gasteiger charge is -2.09. The first-order valence-corrected chi connectivity index (χ1v) is 7.29. The molecule has 0 bridgehead atoms. The second-order valence-corrected chi connectivity index (χ2v) is 5.44. The number of amides is 1. The molecule has 1 aromatic rings. The van der Waals surface area contributed by atoms with Crippen LogP contribution in [0.5, 0.6) is 0 Å². The summed E-state index contributed by atoms with van der Waals surface area (Å²) in [6, 6.07) is 3.00. The Balaban J connectivity index is 2.42. The summed E-state index contributed by atoms with van der Waals surface area (Å²) in [4.78, 5) is 11.7. The van der Waals surface area contributed by atoms with E-state index in [0.29, 0.717) is 23.1 Å². The fourth-order valence-electron chi connectivity index (χ4n) is 1.78. The highest BCUT2D eigenvalue weighted by atomic mass is 79.9. The summed E-state index contributed by atoms with van der Waals surface area (Å²) >= 11 is 3.11. The topological polar surface area (TPSA) is 55.1 Å². The van der Waals surface area contributed by atoms with Crippen LogP contribution in [0, 0.1) is 12.7 Å². The van der Waals surface area contributed by atoms with Crippen molar-refractivity contribution in [2.24, 2.45) is 5.73 Å². The predicted octanol–water partition coefficient (Wildman–Crippen LogP) is 3.74.